The van der Waals surface area contributed by atoms with Gasteiger partial charge in [0.25, 0.3) is 0 Å². The molecule has 0 spiro atoms. The summed E-state index contributed by atoms with van der Waals surface area (Å²) in [4.78, 5) is 15.7. The molecular formula is C14H22N2O2. The molecule has 0 radical (unpaired) electrons. The Bertz CT molecular complexity index is 348. The van der Waals surface area contributed by atoms with Crippen LogP contribution in [0.1, 0.15) is 13.3 Å². The van der Waals surface area contributed by atoms with Gasteiger partial charge in [-0.05, 0) is 25.1 Å². The lowest BCUT2D eigenvalue weighted by Crippen LogP contribution is -2.40. The summed E-state index contributed by atoms with van der Waals surface area (Å²) >= 11 is 0. The Hall–Kier alpha value is -1.39. The van der Waals surface area contributed by atoms with Crippen LogP contribution in [0.15, 0.2) is 30.3 Å². The zero-order valence-electron chi connectivity index (χ0n) is 11.2. The fourth-order valence-corrected chi connectivity index (χ4v) is 1.82. The van der Waals surface area contributed by atoms with Crippen LogP contribution in [0, 0.1) is 0 Å². The maximum absolute atomic E-state index is 12.1. The molecule has 0 saturated carbocycles. The number of benzene rings is 1. The Morgan fingerprint density at radius 1 is 1.22 bits per heavy atom. The van der Waals surface area contributed by atoms with Gasteiger partial charge in [0.05, 0.1) is 13.2 Å². The van der Waals surface area contributed by atoms with Crippen molar-refractivity contribution in [1.82, 2.24) is 4.90 Å². The highest BCUT2D eigenvalue weighted by Gasteiger charge is 2.14. The normalized spacial score (nSPS) is 10.7. The van der Waals surface area contributed by atoms with Crippen LogP contribution in [-0.2, 0) is 4.79 Å². The Labute approximate surface area is 109 Å². The van der Waals surface area contributed by atoms with Crippen molar-refractivity contribution in [3.05, 3.63) is 30.3 Å². The van der Waals surface area contributed by atoms with E-state index in [4.69, 9.17) is 5.11 Å². The minimum atomic E-state index is 0.0445. The lowest BCUT2D eigenvalue weighted by atomic mass is 10.3. The van der Waals surface area contributed by atoms with E-state index in [-0.39, 0.29) is 12.5 Å². The fraction of sp³-hybridized carbons (Fsp3) is 0.500. The van der Waals surface area contributed by atoms with Crippen LogP contribution >= 0.6 is 0 Å². The Morgan fingerprint density at radius 3 is 2.44 bits per heavy atom. The number of hydrogen-bond acceptors (Lipinski definition) is 3. The van der Waals surface area contributed by atoms with Crippen molar-refractivity contribution in [2.75, 3.05) is 38.2 Å². The van der Waals surface area contributed by atoms with Crippen molar-refractivity contribution in [1.29, 1.82) is 0 Å². The van der Waals surface area contributed by atoms with Gasteiger partial charge in [0, 0.05) is 19.3 Å². The molecule has 1 rings (SSSR count). The molecule has 0 fully saturated rings. The van der Waals surface area contributed by atoms with Crippen molar-refractivity contribution in [2.24, 2.45) is 0 Å². The van der Waals surface area contributed by atoms with Gasteiger partial charge < -0.3 is 10.0 Å². The molecule has 0 aliphatic rings. The summed E-state index contributed by atoms with van der Waals surface area (Å²) in [5.41, 5.74) is 0.892. The molecule has 4 nitrogen and oxygen atoms in total. The Kier molecular flexibility index (Phi) is 6.39. The van der Waals surface area contributed by atoms with Gasteiger partial charge in [0.1, 0.15) is 0 Å². The van der Waals surface area contributed by atoms with Gasteiger partial charge in [-0.25, -0.2) is 0 Å². The maximum atomic E-state index is 12.1. The second-order valence-electron chi connectivity index (χ2n) is 4.29. The SMILES string of the molecule is CCCN(CCO)CC(=O)N(C)c1ccccc1. The van der Waals surface area contributed by atoms with E-state index in [1.807, 2.05) is 35.2 Å². The largest absolute Gasteiger partial charge is 0.395 e. The smallest absolute Gasteiger partial charge is 0.240 e. The van der Waals surface area contributed by atoms with E-state index in [2.05, 4.69) is 6.92 Å². The first-order chi connectivity index (χ1) is 8.69. The first-order valence-electron chi connectivity index (χ1n) is 6.33. The van der Waals surface area contributed by atoms with Gasteiger partial charge >= 0.3 is 0 Å². The van der Waals surface area contributed by atoms with Crippen LogP contribution in [0.2, 0.25) is 0 Å². The van der Waals surface area contributed by atoms with Gasteiger partial charge in [-0.3, -0.25) is 9.69 Å². The van der Waals surface area contributed by atoms with Crippen LogP contribution < -0.4 is 4.90 Å². The van der Waals surface area contributed by atoms with E-state index in [0.717, 1.165) is 18.7 Å². The molecule has 0 aromatic heterocycles. The van der Waals surface area contributed by atoms with Crippen molar-refractivity contribution in [3.63, 3.8) is 0 Å². The lowest BCUT2D eigenvalue weighted by Gasteiger charge is -2.24. The van der Waals surface area contributed by atoms with E-state index in [9.17, 15) is 4.79 Å². The molecule has 18 heavy (non-hydrogen) atoms. The van der Waals surface area contributed by atoms with Crippen molar-refractivity contribution in [2.45, 2.75) is 13.3 Å². The van der Waals surface area contributed by atoms with Gasteiger partial charge in [-0.15, -0.1) is 0 Å². The molecule has 0 unspecified atom stereocenters. The highest BCUT2D eigenvalue weighted by atomic mass is 16.3. The van der Waals surface area contributed by atoms with Gasteiger partial charge in [0.2, 0.25) is 5.91 Å². The number of likely N-dealkylation sites (N-methyl/N-ethyl adjacent to an activating group) is 1. The van der Waals surface area contributed by atoms with Crippen molar-refractivity contribution < 1.29 is 9.90 Å². The molecule has 0 aliphatic heterocycles. The number of rotatable bonds is 7. The van der Waals surface area contributed by atoms with E-state index in [0.29, 0.717) is 13.1 Å². The Balaban J connectivity index is 2.58. The molecule has 0 saturated heterocycles. The number of aliphatic hydroxyl groups excluding tert-OH is 1. The predicted octanol–water partition coefficient (Wildman–Crippen LogP) is 1.35. The van der Waals surface area contributed by atoms with Crippen LogP contribution in [0.5, 0.6) is 0 Å². The van der Waals surface area contributed by atoms with E-state index in [1.54, 1.807) is 11.9 Å². The van der Waals surface area contributed by atoms with Crippen molar-refractivity contribution >= 4 is 11.6 Å². The zero-order valence-corrected chi connectivity index (χ0v) is 11.2. The lowest BCUT2D eigenvalue weighted by molar-refractivity contribution is -0.119. The summed E-state index contributed by atoms with van der Waals surface area (Å²) in [6.45, 7) is 3.87. The second-order valence-corrected chi connectivity index (χ2v) is 4.29. The standard InChI is InChI=1S/C14H22N2O2/c1-3-9-16(10-11-17)12-14(18)15(2)13-7-5-4-6-8-13/h4-8,17H,3,9-12H2,1-2H3. The van der Waals surface area contributed by atoms with Crippen LogP contribution in [0.3, 0.4) is 0 Å². The molecule has 0 bridgehead atoms. The van der Waals surface area contributed by atoms with Gasteiger partial charge in [-0.1, -0.05) is 25.1 Å². The minimum absolute atomic E-state index is 0.0445. The highest BCUT2D eigenvalue weighted by molar-refractivity contribution is 5.94. The number of aliphatic hydroxyl groups is 1. The Morgan fingerprint density at radius 2 is 1.89 bits per heavy atom. The summed E-state index contributed by atoms with van der Waals surface area (Å²) in [7, 11) is 1.78. The molecule has 0 heterocycles. The molecule has 1 aromatic rings. The maximum Gasteiger partial charge on any atom is 0.240 e. The summed E-state index contributed by atoms with van der Waals surface area (Å²) in [6, 6.07) is 9.58. The van der Waals surface area contributed by atoms with E-state index >= 15 is 0 Å². The molecule has 4 heteroatoms. The summed E-state index contributed by atoms with van der Waals surface area (Å²) in [5, 5.41) is 8.97. The van der Waals surface area contributed by atoms with E-state index in [1.165, 1.54) is 0 Å². The average molecular weight is 250 g/mol. The minimum Gasteiger partial charge on any atom is -0.395 e. The van der Waals surface area contributed by atoms with Crippen LogP contribution in [0.25, 0.3) is 0 Å². The molecule has 0 aliphatic carbocycles. The number of amides is 1. The third-order valence-corrected chi connectivity index (χ3v) is 2.83. The number of carbonyl (C=O) groups is 1. The number of nitrogens with zero attached hydrogens (tertiary/aromatic N) is 2. The first-order valence-corrected chi connectivity index (χ1v) is 6.33. The van der Waals surface area contributed by atoms with E-state index < -0.39 is 0 Å². The number of hydrogen-bond donors (Lipinski definition) is 1. The molecule has 1 aromatic carbocycles. The zero-order chi connectivity index (χ0) is 13.4. The molecule has 100 valence electrons. The molecule has 1 amide bonds. The summed E-state index contributed by atoms with van der Waals surface area (Å²) in [5.74, 6) is 0.0445. The van der Waals surface area contributed by atoms with Crippen LogP contribution in [-0.4, -0.2) is 49.2 Å². The topological polar surface area (TPSA) is 43.8 Å². The van der Waals surface area contributed by atoms with Gasteiger partial charge in [-0.2, -0.15) is 0 Å². The molecule has 1 N–H and O–H groups in total. The third kappa shape index (κ3) is 4.47. The molecule has 0 atom stereocenters. The fourth-order valence-electron chi connectivity index (χ4n) is 1.82. The number of anilines is 1. The third-order valence-electron chi connectivity index (χ3n) is 2.83. The first kappa shape index (κ1) is 14.7. The predicted molar refractivity (Wildman–Crippen MR) is 73.7 cm³/mol. The van der Waals surface area contributed by atoms with Crippen molar-refractivity contribution in [3.8, 4) is 0 Å². The molecular weight excluding hydrogens is 228 g/mol. The summed E-state index contributed by atoms with van der Waals surface area (Å²) in [6.07, 6.45) is 0.975. The highest BCUT2D eigenvalue weighted by Crippen LogP contribution is 2.11. The monoisotopic (exact) mass is 250 g/mol. The van der Waals surface area contributed by atoms with Gasteiger partial charge in [0.15, 0.2) is 0 Å². The quantitative estimate of drug-likeness (QED) is 0.794. The van der Waals surface area contributed by atoms with Crippen LogP contribution in [0.4, 0.5) is 5.69 Å². The number of carbonyl (C=O) groups excluding carboxylic acids is 1. The summed E-state index contributed by atoms with van der Waals surface area (Å²) < 4.78 is 0. The second kappa shape index (κ2) is 7.84. The number of para-hydroxylation sites is 1. The average Bonchev–Trinajstić information content (AvgIpc) is 2.39.